The fourth-order valence-corrected chi connectivity index (χ4v) is 4.72. The van der Waals surface area contributed by atoms with Crippen LogP contribution in [0.5, 0.6) is 0 Å². The van der Waals surface area contributed by atoms with E-state index in [9.17, 15) is 23.4 Å². The first-order chi connectivity index (χ1) is 14.1. The number of nitrogens with one attached hydrogen (secondary N) is 1. The molecule has 1 aliphatic rings. The molecule has 0 aromatic carbocycles. The van der Waals surface area contributed by atoms with Crippen molar-refractivity contribution in [1.82, 2.24) is 19.5 Å². The smallest absolute Gasteiger partial charge is 0.369 e. The second kappa shape index (κ2) is 8.44. The molecule has 2 unspecified atom stereocenters. The number of nitrogen functional groups attached to an aromatic ring is 1. The van der Waals surface area contributed by atoms with E-state index in [0.717, 1.165) is 17.3 Å². The van der Waals surface area contributed by atoms with E-state index < -0.39 is 54.1 Å². The summed E-state index contributed by atoms with van der Waals surface area (Å²) in [4.78, 5) is 66.6. The van der Waals surface area contributed by atoms with E-state index in [1.807, 2.05) is 0 Å². The van der Waals surface area contributed by atoms with E-state index in [2.05, 4.69) is 28.3 Å². The lowest BCUT2D eigenvalue weighted by molar-refractivity contribution is -0.0468. The zero-order valence-corrected chi connectivity index (χ0v) is 17.5. The number of phosphoric acid groups is 3. The second-order valence-corrected chi connectivity index (χ2v) is 9.95. The number of aromatic amines is 1. The molecule has 1 fully saturated rings. The van der Waals surface area contributed by atoms with Crippen molar-refractivity contribution in [2.45, 2.75) is 18.4 Å². The first-order valence-electron chi connectivity index (χ1n) is 7.84. The van der Waals surface area contributed by atoms with E-state index in [1.54, 1.807) is 0 Å². The molecular formula is C10H15N5O13P3. The van der Waals surface area contributed by atoms with Crippen LogP contribution in [-0.4, -0.2) is 62.8 Å². The monoisotopic (exact) mass is 506 g/mol. The highest BCUT2D eigenvalue weighted by Gasteiger charge is 2.43. The molecule has 3 rings (SSSR count). The minimum Gasteiger partial charge on any atom is -0.369 e. The standard InChI is InChI=1S/C10H15N5O13P3/c11-10-13-7-6(8(16)14-10)12-3-15(7)9-5(27-29(17,18)19)1-4(26-9)2-25-31(23,24)28-30(20,21)22/h1,3-5,9H,2H2,(H,23,24)(H2,17,18,19)(H2,20,21,22)(H3,11,13,14,16)/t4-,5?,9+/m0/s1. The van der Waals surface area contributed by atoms with Crippen molar-refractivity contribution < 1.29 is 56.3 Å². The molecule has 4 atom stereocenters. The topological polar surface area (TPSA) is 279 Å². The number of nitrogens with two attached hydrogens (primary N) is 1. The zero-order valence-electron chi connectivity index (χ0n) is 14.9. The van der Waals surface area contributed by atoms with Crippen LogP contribution in [-0.2, 0) is 31.8 Å². The van der Waals surface area contributed by atoms with Gasteiger partial charge in [0.1, 0.15) is 6.10 Å². The number of hydrogen-bond donors (Lipinski definition) is 7. The lowest BCUT2D eigenvalue weighted by Crippen LogP contribution is -2.23. The molecule has 31 heavy (non-hydrogen) atoms. The number of anilines is 1. The van der Waals surface area contributed by atoms with Crippen molar-refractivity contribution in [2.24, 2.45) is 0 Å². The Labute approximate surface area is 171 Å². The molecule has 1 radical (unpaired) electrons. The van der Waals surface area contributed by atoms with Gasteiger partial charge in [0.05, 0.1) is 19.0 Å². The van der Waals surface area contributed by atoms with Gasteiger partial charge in [0.25, 0.3) is 5.56 Å². The molecule has 2 aromatic rings. The summed E-state index contributed by atoms with van der Waals surface area (Å²) >= 11 is 0. The summed E-state index contributed by atoms with van der Waals surface area (Å²) in [5, 5.41) is 0. The lowest BCUT2D eigenvalue weighted by atomic mass is 10.2. The number of ether oxygens (including phenoxy) is 1. The summed E-state index contributed by atoms with van der Waals surface area (Å²) in [6.45, 7) is -0.839. The van der Waals surface area contributed by atoms with Crippen molar-refractivity contribution in [3.05, 3.63) is 23.1 Å². The first kappa shape index (κ1) is 24.1. The number of imidazole rings is 1. The van der Waals surface area contributed by atoms with Crippen molar-refractivity contribution in [3.8, 4) is 0 Å². The number of fused-ring (bicyclic) bond motifs is 1. The number of phosphoric ester groups is 2. The minimum atomic E-state index is -5.36. The summed E-state index contributed by atoms with van der Waals surface area (Å²) in [5.74, 6) is -0.288. The van der Waals surface area contributed by atoms with Crippen molar-refractivity contribution in [2.75, 3.05) is 12.3 Å². The summed E-state index contributed by atoms with van der Waals surface area (Å²) in [6.07, 6.45) is -2.11. The molecule has 0 saturated carbocycles. The third-order valence-electron chi connectivity index (χ3n) is 3.59. The molecular weight excluding hydrogens is 491 g/mol. The SMILES string of the molecule is Nc1nc2c(ncn2[C@@H]2O[C@H](COP(=O)(O)OP(=O)(O)O)[CH]C2OP(=O)(O)O)c(=O)[nH]1. The van der Waals surface area contributed by atoms with Crippen LogP contribution < -0.4 is 11.3 Å². The number of nitrogens with zero attached hydrogens (tertiary/aromatic N) is 3. The number of aromatic nitrogens is 4. The Hall–Kier alpha value is -1.52. The molecule has 0 amide bonds. The Morgan fingerprint density at radius 3 is 2.48 bits per heavy atom. The highest BCUT2D eigenvalue weighted by atomic mass is 31.3. The van der Waals surface area contributed by atoms with E-state index >= 15 is 0 Å². The number of hydrogen-bond acceptors (Lipinski definition) is 11. The van der Waals surface area contributed by atoms with Crippen LogP contribution >= 0.6 is 23.5 Å². The summed E-state index contributed by atoms with van der Waals surface area (Å²) in [7, 11) is -15.6. The predicted octanol–water partition coefficient (Wildman–Crippen LogP) is -1.49. The average Bonchev–Trinajstić information content (AvgIpc) is 3.13. The quantitative estimate of drug-likeness (QED) is 0.201. The van der Waals surface area contributed by atoms with Gasteiger partial charge in [-0.25, -0.2) is 18.7 Å². The van der Waals surface area contributed by atoms with Crippen LogP contribution in [0.2, 0.25) is 0 Å². The fraction of sp³-hybridized carbons (Fsp3) is 0.400. The van der Waals surface area contributed by atoms with Crippen molar-refractivity contribution in [1.29, 1.82) is 0 Å². The van der Waals surface area contributed by atoms with Gasteiger partial charge in [-0.1, -0.05) is 0 Å². The minimum absolute atomic E-state index is 0.127. The molecule has 0 aliphatic carbocycles. The Kier molecular flexibility index (Phi) is 6.57. The third kappa shape index (κ3) is 6.26. The molecule has 173 valence electrons. The lowest BCUT2D eigenvalue weighted by Gasteiger charge is -2.20. The van der Waals surface area contributed by atoms with Crippen LogP contribution in [0.15, 0.2) is 11.1 Å². The molecule has 21 heteroatoms. The van der Waals surface area contributed by atoms with Gasteiger partial charge in [0.2, 0.25) is 5.95 Å². The maximum atomic E-state index is 11.9. The molecule has 0 spiro atoms. The largest absolute Gasteiger partial charge is 0.481 e. The number of H-pyrrole nitrogens is 1. The molecule has 3 heterocycles. The second-order valence-electron chi connectivity index (χ2n) is 5.93. The van der Waals surface area contributed by atoms with E-state index in [0.29, 0.717) is 0 Å². The molecule has 18 nitrogen and oxygen atoms in total. The molecule has 0 bridgehead atoms. The van der Waals surface area contributed by atoms with E-state index in [-0.39, 0.29) is 17.1 Å². The number of rotatable bonds is 8. The first-order valence-corrected chi connectivity index (χ1v) is 12.4. The molecule has 1 aliphatic heterocycles. The van der Waals surface area contributed by atoms with Gasteiger partial charge < -0.3 is 34.9 Å². The van der Waals surface area contributed by atoms with Gasteiger partial charge in [-0.3, -0.25) is 23.4 Å². The Bertz CT molecular complexity index is 1170. The van der Waals surface area contributed by atoms with Crippen LogP contribution in [0.25, 0.3) is 11.2 Å². The fourth-order valence-electron chi connectivity index (χ4n) is 2.63. The molecule has 2 aromatic heterocycles. The van der Waals surface area contributed by atoms with Gasteiger partial charge in [-0.15, -0.1) is 0 Å². The van der Waals surface area contributed by atoms with Crippen LogP contribution in [0.1, 0.15) is 6.23 Å². The summed E-state index contributed by atoms with van der Waals surface area (Å²) < 4.78 is 52.8. The molecule has 1 saturated heterocycles. The Morgan fingerprint density at radius 1 is 1.19 bits per heavy atom. The van der Waals surface area contributed by atoms with Crippen LogP contribution in [0, 0.1) is 6.42 Å². The predicted molar refractivity (Wildman–Crippen MR) is 96.6 cm³/mol. The highest BCUT2D eigenvalue weighted by Crippen LogP contribution is 2.57. The summed E-state index contributed by atoms with van der Waals surface area (Å²) in [5.41, 5.74) is 4.49. The van der Waals surface area contributed by atoms with Crippen LogP contribution in [0.4, 0.5) is 5.95 Å². The van der Waals surface area contributed by atoms with Gasteiger partial charge in [-0.05, 0) is 0 Å². The van der Waals surface area contributed by atoms with Gasteiger partial charge in [-0.2, -0.15) is 9.29 Å². The normalized spacial score (nSPS) is 24.5. The summed E-state index contributed by atoms with van der Waals surface area (Å²) in [6, 6.07) is 0. The van der Waals surface area contributed by atoms with Crippen molar-refractivity contribution in [3.63, 3.8) is 0 Å². The maximum absolute atomic E-state index is 11.9. The van der Waals surface area contributed by atoms with Crippen LogP contribution in [0.3, 0.4) is 0 Å². The Morgan fingerprint density at radius 2 is 1.87 bits per heavy atom. The van der Waals surface area contributed by atoms with Crippen molar-refractivity contribution >= 4 is 40.6 Å². The average molecular weight is 506 g/mol. The zero-order chi connectivity index (χ0) is 23.2. The van der Waals surface area contributed by atoms with Gasteiger partial charge >= 0.3 is 23.5 Å². The maximum Gasteiger partial charge on any atom is 0.481 e. The van der Waals surface area contributed by atoms with Gasteiger partial charge in [0.15, 0.2) is 17.4 Å². The highest BCUT2D eigenvalue weighted by molar-refractivity contribution is 7.60. The van der Waals surface area contributed by atoms with E-state index in [4.69, 9.17) is 30.0 Å². The molecule has 8 N–H and O–H groups in total. The van der Waals surface area contributed by atoms with E-state index in [1.165, 1.54) is 0 Å². The van der Waals surface area contributed by atoms with Gasteiger partial charge in [0, 0.05) is 6.42 Å². The Balaban J connectivity index is 1.85. The third-order valence-corrected chi connectivity index (χ3v) is 6.26.